The van der Waals surface area contributed by atoms with Crippen LogP contribution in [0, 0.1) is 12.7 Å². The maximum absolute atomic E-state index is 12.9. The second-order valence-electron chi connectivity index (χ2n) is 6.99. The smallest absolute Gasteiger partial charge is 0.225 e. The summed E-state index contributed by atoms with van der Waals surface area (Å²) in [4.78, 5) is 14.3. The summed E-state index contributed by atoms with van der Waals surface area (Å²) in [6.45, 7) is 4.19. The van der Waals surface area contributed by atoms with Crippen molar-refractivity contribution >= 4 is 11.6 Å². The van der Waals surface area contributed by atoms with Gasteiger partial charge in [0.2, 0.25) is 5.91 Å². The van der Waals surface area contributed by atoms with E-state index in [1.165, 1.54) is 12.1 Å². The van der Waals surface area contributed by atoms with Crippen molar-refractivity contribution < 1.29 is 14.3 Å². The van der Waals surface area contributed by atoms with E-state index in [-0.39, 0.29) is 11.7 Å². The third-order valence-corrected chi connectivity index (χ3v) is 5.11. The van der Waals surface area contributed by atoms with E-state index in [1.807, 2.05) is 31.2 Å². The van der Waals surface area contributed by atoms with Gasteiger partial charge in [0.25, 0.3) is 0 Å². The molecule has 0 atom stereocenters. The van der Waals surface area contributed by atoms with Crippen LogP contribution in [0.2, 0.25) is 0 Å². The first-order valence-electron chi connectivity index (χ1n) is 9.02. The maximum Gasteiger partial charge on any atom is 0.225 e. The molecular weight excluding hydrogens is 331 g/mol. The number of piperidine rings is 1. The average molecular weight is 356 g/mol. The molecule has 0 aliphatic carbocycles. The van der Waals surface area contributed by atoms with Gasteiger partial charge in [-0.15, -0.1) is 0 Å². The minimum Gasteiger partial charge on any atom is -0.385 e. The van der Waals surface area contributed by atoms with Crippen LogP contribution < -0.4 is 5.32 Å². The monoisotopic (exact) mass is 356 g/mol. The van der Waals surface area contributed by atoms with Gasteiger partial charge in [-0.3, -0.25) is 4.79 Å². The number of rotatable bonds is 5. The lowest BCUT2D eigenvalue weighted by molar-refractivity contribution is -0.116. The highest BCUT2D eigenvalue weighted by atomic mass is 19.1. The molecule has 1 aliphatic rings. The predicted octanol–water partition coefficient (Wildman–Crippen LogP) is 3.45. The fraction of sp³-hybridized carbons (Fsp3) is 0.381. The summed E-state index contributed by atoms with van der Waals surface area (Å²) in [6, 6.07) is 13.7. The summed E-state index contributed by atoms with van der Waals surface area (Å²) < 4.78 is 12.9. The Bertz CT molecular complexity index is 753. The molecule has 138 valence electrons. The Morgan fingerprint density at radius 2 is 1.81 bits per heavy atom. The van der Waals surface area contributed by atoms with Crippen molar-refractivity contribution in [2.75, 3.05) is 25.0 Å². The Kier molecular flexibility index (Phi) is 5.69. The van der Waals surface area contributed by atoms with Crippen LogP contribution in [0.3, 0.4) is 0 Å². The highest BCUT2D eigenvalue weighted by Gasteiger charge is 2.34. The van der Waals surface area contributed by atoms with Crippen LogP contribution in [0.1, 0.15) is 30.4 Å². The van der Waals surface area contributed by atoms with Crippen molar-refractivity contribution in [3.05, 3.63) is 65.5 Å². The number of likely N-dealkylation sites (tertiary alicyclic amines) is 1. The van der Waals surface area contributed by atoms with E-state index < -0.39 is 5.60 Å². The Hall–Kier alpha value is -2.24. The molecule has 0 bridgehead atoms. The van der Waals surface area contributed by atoms with Crippen LogP contribution in [-0.2, 0) is 10.4 Å². The van der Waals surface area contributed by atoms with Gasteiger partial charge in [-0.2, -0.15) is 0 Å². The fourth-order valence-electron chi connectivity index (χ4n) is 3.53. The quantitative estimate of drug-likeness (QED) is 0.863. The molecule has 0 radical (unpaired) electrons. The van der Waals surface area contributed by atoms with E-state index in [0.29, 0.717) is 31.5 Å². The van der Waals surface area contributed by atoms with Gasteiger partial charge >= 0.3 is 0 Å². The summed E-state index contributed by atoms with van der Waals surface area (Å²) in [5, 5.41) is 13.8. The number of nitrogens with one attached hydrogen (secondary N) is 1. The van der Waals surface area contributed by atoms with Crippen molar-refractivity contribution in [1.29, 1.82) is 0 Å². The molecule has 0 unspecified atom stereocenters. The molecule has 2 aromatic rings. The molecule has 0 aromatic heterocycles. The number of nitrogens with zero attached hydrogens (tertiary/aromatic N) is 1. The molecule has 2 aromatic carbocycles. The zero-order valence-electron chi connectivity index (χ0n) is 15.0. The largest absolute Gasteiger partial charge is 0.385 e. The molecular formula is C21H25FN2O2. The first-order chi connectivity index (χ1) is 12.5. The summed E-state index contributed by atoms with van der Waals surface area (Å²) >= 11 is 0. The summed E-state index contributed by atoms with van der Waals surface area (Å²) in [7, 11) is 0. The van der Waals surface area contributed by atoms with Gasteiger partial charge in [-0.05, 0) is 55.2 Å². The number of aryl methyl sites for hydroxylation is 1. The van der Waals surface area contributed by atoms with Crippen LogP contribution in [0.25, 0.3) is 0 Å². The molecule has 1 amide bonds. The Morgan fingerprint density at radius 3 is 2.46 bits per heavy atom. The third kappa shape index (κ3) is 4.48. The number of benzene rings is 2. The number of anilines is 1. The van der Waals surface area contributed by atoms with Crippen LogP contribution in [-0.4, -0.2) is 35.5 Å². The molecule has 5 heteroatoms. The zero-order chi connectivity index (χ0) is 18.6. The number of amides is 1. The standard InChI is InChI=1S/C21H25FN2O2/c1-16-4-2-3-5-19(16)21(26)11-14-24(15-12-21)13-10-20(25)23-18-8-6-17(22)7-9-18/h2-9,26H,10-15H2,1H3,(H,23,25). The number of carbonyl (C=O) groups is 1. The van der Waals surface area contributed by atoms with E-state index >= 15 is 0 Å². The lowest BCUT2D eigenvalue weighted by Gasteiger charge is -2.39. The molecule has 1 aliphatic heterocycles. The normalized spacial score (nSPS) is 17.0. The highest BCUT2D eigenvalue weighted by molar-refractivity contribution is 5.90. The average Bonchev–Trinajstić information content (AvgIpc) is 2.63. The first-order valence-corrected chi connectivity index (χ1v) is 9.02. The summed E-state index contributed by atoms with van der Waals surface area (Å²) in [5.41, 5.74) is 1.94. The zero-order valence-corrected chi connectivity index (χ0v) is 15.0. The van der Waals surface area contributed by atoms with E-state index in [4.69, 9.17) is 0 Å². The molecule has 3 rings (SSSR count). The Balaban J connectivity index is 1.47. The second kappa shape index (κ2) is 7.98. The Morgan fingerprint density at radius 1 is 1.15 bits per heavy atom. The van der Waals surface area contributed by atoms with Gasteiger partial charge in [0, 0.05) is 31.7 Å². The summed E-state index contributed by atoms with van der Waals surface area (Å²) in [6.07, 6.45) is 1.70. The molecule has 0 spiro atoms. The van der Waals surface area contributed by atoms with Crippen LogP contribution in [0.4, 0.5) is 10.1 Å². The minimum absolute atomic E-state index is 0.0867. The first kappa shape index (κ1) is 18.5. The van der Waals surface area contributed by atoms with Gasteiger partial charge in [0.05, 0.1) is 5.60 Å². The molecule has 1 saturated heterocycles. The van der Waals surface area contributed by atoms with E-state index in [1.54, 1.807) is 12.1 Å². The van der Waals surface area contributed by atoms with Crippen molar-refractivity contribution in [2.24, 2.45) is 0 Å². The van der Waals surface area contributed by atoms with Crippen LogP contribution >= 0.6 is 0 Å². The molecule has 1 fully saturated rings. The number of hydrogen-bond donors (Lipinski definition) is 2. The fourth-order valence-corrected chi connectivity index (χ4v) is 3.53. The minimum atomic E-state index is -0.780. The Labute approximate surface area is 153 Å². The lowest BCUT2D eigenvalue weighted by Crippen LogP contribution is -2.43. The number of halogens is 1. The van der Waals surface area contributed by atoms with E-state index in [9.17, 15) is 14.3 Å². The van der Waals surface area contributed by atoms with Crippen molar-refractivity contribution in [3.8, 4) is 0 Å². The van der Waals surface area contributed by atoms with E-state index in [2.05, 4.69) is 10.2 Å². The lowest BCUT2D eigenvalue weighted by atomic mass is 9.82. The van der Waals surface area contributed by atoms with E-state index in [0.717, 1.165) is 24.2 Å². The molecule has 0 saturated carbocycles. The topological polar surface area (TPSA) is 52.6 Å². The molecule has 4 nitrogen and oxygen atoms in total. The van der Waals surface area contributed by atoms with Crippen molar-refractivity contribution in [3.63, 3.8) is 0 Å². The number of carbonyl (C=O) groups excluding carboxylic acids is 1. The molecule has 1 heterocycles. The van der Waals surface area contributed by atoms with Gasteiger partial charge in [-0.1, -0.05) is 24.3 Å². The number of aliphatic hydroxyl groups is 1. The molecule has 26 heavy (non-hydrogen) atoms. The highest BCUT2D eigenvalue weighted by Crippen LogP contribution is 2.34. The maximum atomic E-state index is 12.9. The third-order valence-electron chi connectivity index (χ3n) is 5.11. The van der Waals surface area contributed by atoms with Gasteiger partial charge in [0.15, 0.2) is 0 Å². The van der Waals surface area contributed by atoms with Gasteiger partial charge in [0.1, 0.15) is 5.82 Å². The molecule has 2 N–H and O–H groups in total. The van der Waals surface area contributed by atoms with Gasteiger partial charge < -0.3 is 15.3 Å². The van der Waals surface area contributed by atoms with Crippen LogP contribution in [0.15, 0.2) is 48.5 Å². The SMILES string of the molecule is Cc1ccccc1C1(O)CCN(CCC(=O)Nc2ccc(F)cc2)CC1. The second-order valence-corrected chi connectivity index (χ2v) is 6.99. The van der Waals surface area contributed by atoms with Gasteiger partial charge in [-0.25, -0.2) is 4.39 Å². The van der Waals surface area contributed by atoms with Crippen molar-refractivity contribution in [2.45, 2.75) is 31.8 Å². The summed E-state index contributed by atoms with van der Waals surface area (Å²) in [5.74, 6) is -0.409. The van der Waals surface area contributed by atoms with Crippen LogP contribution in [0.5, 0.6) is 0 Å². The predicted molar refractivity (Wildman–Crippen MR) is 100 cm³/mol. The van der Waals surface area contributed by atoms with Crippen molar-refractivity contribution in [1.82, 2.24) is 4.90 Å². The number of hydrogen-bond acceptors (Lipinski definition) is 3.